The van der Waals surface area contributed by atoms with Crippen LogP contribution in [-0.4, -0.2) is 51.2 Å². The molecule has 144 valence electrons. The normalized spacial score (nSPS) is 15.3. The van der Waals surface area contributed by atoms with E-state index in [-0.39, 0.29) is 5.91 Å². The number of fused-ring (bicyclic) bond motifs is 1. The van der Waals surface area contributed by atoms with Crippen molar-refractivity contribution >= 4 is 34.4 Å². The molecule has 3 aromatic rings. The number of benzene rings is 2. The number of piperazine rings is 1. The number of H-pyrrole nitrogens is 1. The molecule has 2 heterocycles. The summed E-state index contributed by atoms with van der Waals surface area (Å²) >= 11 is 6.01. The number of rotatable bonds is 5. The van der Waals surface area contributed by atoms with Crippen LogP contribution in [0.5, 0.6) is 0 Å². The first-order chi connectivity index (χ1) is 13.5. The minimum atomic E-state index is -0.455. The van der Waals surface area contributed by atoms with Crippen molar-refractivity contribution in [3.63, 3.8) is 0 Å². The molecule has 0 bridgehead atoms. The summed E-state index contributed by atoms with van der Waals surface area (Å²) < 4.78 is 0. The first kappa shape index (κ1) is 18.5. The maximum Gasteiger partial charge on any atom is 0.248 e. The highest BCUT2D eigenvalue weighted by molar-refractivity contribution is 6.31. The van der Waals surface area contributed by atoms with Crippen molar-refractivity contribution in [3.8, 4) is 0 Å². The van der Waals surface area contributed by atoms with Crippen molar-refractivity contribution in [2.45, 2.75) is 13.1 Å². The summed E-state index contributed by atoms with van der Waals surface area (Å²) in [5.41, 5.74) is 8.46. The Hall–Kier alpha value is -2.90. The van der Waals surface area contributed by atoms with Crippen LogP contribution in [0.1, 0.15) is 21.7 Å². The molecule has 8 heteroatoms. The lowest BCUT2D eigenvalue weighted by Gasteiger charge is -2.34. The van der Waals surface area contributed by atoms with Crippen LogP contribution in [0, 0.1) is 0 Å². The van der Waals surface area contributed by atoms with E-state index in [0.29, 0.717) is 36.8 Å². The number of nitrogens with two attached hydrogens (primary N) is 1. The molecule has 1 saturated heterocycles. The number of nitrogens with zero attached hydrogens (tertiary/aromatic N) is 3. The van der Waals surface area contributed by atoms with Crippen LogP contribution < -0.4 is 5.73 Å². The highest BCUT2D eigenvalue weighted by Crippen LogP contribution is 2.18. The van der Waals surface area contributed by atoms with Crippen molar-refractivity contribution in [2.24, 2.45) is 5.73 Å². The minimum absolute atomic E-state index is 0.0735. The quantitative estimate of drug-likeness (QED) is 0.689. The zero-order valence-electron chi connectivity index (χ0n) is 15.2. The molecule has 0 aliphatic carbocycles. The number of aromatic nitrogens is 2. The molecule has 2 aromatic carbocycles. The topological polar surface area (TPSA) is 95.3 Å². The van der Waals surface area contributed by atoms with Gasteiger partial charge in [-0.15, -0.1) is 0 Å². The average Bonchev–Trinajstić information content (AvgIpc) is 3.05. The maximum atomic E-state index is 12.6. The third kappa shape index (κ3) is 4.00. The van der Waals surface area contributed by atoms with Gasteiger partial charge in [-0.3, -0.25) is 14.5 Å². The summed E-state index contributed by atoms with van der Waals surface area (Å²) in [6.45, 7) is 2.86. The lowest BCUT2D eigenvalue weighted by atomic mass is 10.1. The number of halogens is 1. The number of hydrogen-bond acceptors (Lipinski definition) is 4. The van der Waals surface area contributed by atoms with Gasteiger partial charge in [0.05, 0.1) is 24.1 Å². The van der Waals surface area contributed by atoms with E-state index in [1.807, 2.05) is 35.2 Å². The largest absolute Gasteiger partial charge is 0.366 e. The Morgan fingerprint density at radius 1 is 1.14 bits per heavy atom. The molecule has 3 N–H and O–H groups in total. The Labute approximate surface area is 167 Å². The molecule has 0 unspecified atom stereocenters. The fraction of sp³-hybridized carbons (Fsp3) is 0.250. The predicted molar refractivity (Wildman–Crippen MR) is 107 cm³/mol. The highest BCUT2D eigenvalue weighted by atomic mass is 35.5. The molecule has 0 atom stereocenters. The van der Waals surface area contributed by atoms with E-state index >= 15 is 0 Å². The van der Waals surface area contributed by atoms with E-state index < -0.39 is 5.91 Å². The van der Waals surface area contributed by atoms with E-state index in [1.165, 1.54) is 0 Å². The fourth-order valence-electron chi connectivity index (χ4n) is 3.38. The van der Waals surface area contributed by atoms with Gasteiger partial charge in [0.15, 0.2) is 0 Å². The van der Waals surface area contributed by atoms with E-state index in [9.17, 15) is 9.59 Å². The smallest absolute Gasteiger partial charge is 0.248 e. The van der Waals surface area contributed by atoms with Gasteiger partial charge >= 0.3 is 0 Å². The molecule has 7 nitrogen and oxygen atoms in total. The van der Waals surface area contributed by atoms with E-state index in [1.54, 1.807) is 12.1 Å². The summed E-state index contributed by atoms with van der Waals surface area (Å²) in [6.07, 6.45) is 0. The number of imidazole rings is 1. The van der Waals surface area contributed by atoms with Gasteiger partial charge in [-0.1, -0.05) is 23.7 Å². The second-order valence-corrected chi connectivity index (χ2v) is 7.37. The van der Waals surface area contributed by atoms with Crippen molar-refractivity contribution < 1.29 is 9.59 Å². The first-order valence-electron chi connectivity index (χ1n) is 9.01. The lowest BCUT2D eigenvalue weighted by molar-refractivity contribution is -0.136. The molecule has 1 aliphatic heterocycles. The zero-order chi connectivity index (χ0) is 19.7. The number of carbonyl (C=O) groups is 2. The van der Waals surface area contributed by atoms with Crippen LogP contribution in [0.2, 0.25) is 5.02 Å². The van der Waals surface area contributed by atoms with Gasteiger partial charge in [0, 0.05) is 30.2 Å². The second kappa shape index (κ2) is 7.61. The van der Waals surface area contributed by atoms with Gasteiger partial charge in [-0.25, -0.2) is 4.98 Å². The van der Waals surface area contributed by atoms with Gasteiger partial charge < -0.3 is 15.6 Å². The lowest BCUT2D eigenvalue weighted by Crippen LogP contribution is -2.49. The molecular formula is C20H20ClN5O2. The Bertz CT molecular complexity index is 1030. The van der Waals surface area contributed by atoms with E-state index in [4.69, 9.17) is 17.3 Å². The van der Waals surface area contributed by atoms with Gasteiger partial charge in [0.1, 0.15) is 5.82 Å². The van der Waals surface area contributed by atoms with Gasteiger partial charge in [0.2, 0.25) is 11.8 Å². The maximum absolute atomic E-state index is 12.6. The van der Waals surface area contributed by atoms with Crippen LogP contribution in [0.3, 0.4) is 0 Å². The number of aromatic amines is 1. The average molecular weight is 398 g/mol. The van der Waals surface area contributed by atoms with Crippen LogP contribution in [0.25, 0.3) is 11.0 Å². The summed E-state index contributed by atoms with van der Waals surface area (Å²) in [6, 6.07) is 12.6. The summed E-state index contributed by atoms with van der Waals surface area (Å²) in [4.78, 5) is 35.4. The standard InChI is InChI=1S/C20H20ClN5O2/c21-15-5-6-16-17(9-15)24-18(23-16)11-25-7-8-26(19(27)12-25)10-13-1-3-14(4-2-13)20(22)28/h1-6,9H,7-8,10-12H2,(H2,22,28)(H,23,24). The minimum Gasteiger partial charge on any atom is -0.366 e. The van der Waals surface area contributed by atoms with E-state index in [2.05, 4.69) is 14.9 Å². The number of hydrogen-bond donors (Lipinski definition) is 2. The summed E-state index contributed by atoms with van der Waals surface area (Å²) in [7, 11) is 0. The number of amides is 2. The van der Waals surface area contributed by atoms with Crippen molar-refractivity contribution in [1.82, 2.24) is 19.8 Å². The molecule has 1 fully saturated rings. The molecule has 0 radical (unpaired) electrons. The Kier molecular flexibility index (Phi) is 5.02. The fourth-order valence-corrected chi connectivity index (χ4v) is 3.55. The third-order valence-electron chi connectivity index (χ3n) is 4.88. The Balaban J connectivity index is 1.36. The third-order valence-corrected chi connectivity index (χ3v) is 5.11. The summed E-state index contributed by atoms with van der Waals surface area (Å²) in [5, 5.41) is 0.662. The second-order valence-electron chi connectivity index (χ2n) is 6.93. The molecule has 4 rings (SSSR count). The molecular weight excluding hydrogens is 378 g/mol. The zero-order valence-corrected chi connectivity index (χ0v) is 15.9. The number of carbonyl (C=O) groups excluding carboxylic acids is 2. The van der Waals surface area contributed by atoms with Crippen molar-refractivity contribution in [3.05, 3.63) is 64.4 Å². The van der Waals surface area contributed by atoms with Crippen molar-refractivity contribution in [2.75, 3.05) is 19.6 Å². The molecule has 2 amide bonds. The Morgan fingerprint density at radius 2 is 1.93 bits per heavy atom. The molecule has 28 heavy (non-hydrogen) atoms. The number of primary amides is 1. The first-order valence-corrected chi connectivity index (χ1v) is 9.39. The van der Waals surface area contributed by atoms with Crippen LogP contribution in [-0.2, 0) is 17.9 Å². The molecule has 0 spiro atoms. The molecule has 0 saturated carbocycles. The number of nitrogens with one attached hydrogen (secondary N) is 1. The monoisotopic (exact) mass is 397 g/mol. The summed E-state index contributed by atoms with van der Waals surface area (Å²) in [5.74, 6) is 0.439. The predicted octanol–water partition coefficient (Wildman–Crippen LogP) is 2.16. The highest BCUT2D eigenvalue weighted by Gasteiger charge is 2.24. The van der Waals surface area contributed by atoms with Gasteiger partial charge in [-0.05, 0) is 35.9 Å². The Morgan fingerprint density at radius 3 is 2.64 bits per heavy atom. The van der Waals surface area contributed by atoms with Crippen LogP contribution >= 0.6 is 11.6 Å². The van der Waals surface area contributed by atoms with E-state index in [0.717, 1.165) is 29.0 Å². The SMILES string of the molecule is NC(=O)c1ccc(CN2CCN(Cc3nc4ccc(Cl)cc4[nH]3)CC2=O)cc1. The molecule has 1 aliphatic rings. The van der Waals surface area contributed by atoms with Crippen molar-refractivity contribution in [1.29, 1.82) is 0 Å². The molecule has 1 aromatic heterocycles. The van der Waals surface area contributed by atoms with Crippen LogP contribution in [0.4, 0.5) is 0 Å². The van der Waals surface area contributed by atoms with Gasteiger partial charge in [0.25, 0.3) is 0 Å². The van der Waals surface area contributed by atoms with Gasteiger partial charge in [-0.2, -0.15) is 0 Å². The van der Waals surface area contributed by atoms with Crippen LogP contribution in [0.15, 0.2) is 42.5 Å².